The van der Waals surface area contributed by atoms with Crippen LogP contribution in [-0.2, 0) is 19.1 Å². The van der Waals surface area contributed by atoms with E-state index >= 15 is 0 Å². The van der Waals surface area contributed by atoms with Crippen LogP contribution in [0.1, 0.15) is 57.2 Å². The van der Waals surface area contributed by atoms with E-state index in [0.717, 1.165) is 0 Å². The first kappa shape index (κ1) is 24.5. The summed E-state index contributed by atoms with van der Waals surface area (Å²) in [5.41, 5.74) is -2.08. The highest BCUT2D eigenvalue weighted by Crippen LogP contribution is 2.37. The Morgan fingerprint density at radius 1 is 1.18 bits per heavy atom. The molecule has 0 unspecified atom stereocenters. The van der Waals surface area contributed by atoms with Crippen molar-refractivity contribution in [3.63, 3.8) is 0 Å². The number of benzene rings is 1. The van der Waals surface area contributed by atoms with Crippen LogP contribution in [0.25, 0.3) is 11.0 Å². The normalized spacial score (nSPS) is 12.1. The maximum atomic E-state index is 13.4. The first-order chi connectivity index (χ1) is 15.5. The minimum Gasteiger partial charge on any atom is -0.493 e. The number of aromatic hydroxyl groups is 1. The highest BCUT2D eigenvalue weighted by atomic mass is 19.4. The van der Waals surface area contributed by atoms with Crippen LogP contribution in [0.3, 0.4) is 0 Å². The Morgan fingerprint density at radius 3 is 2.52 bits per heavy atom. The standard InChI is InChI=1S/C23H27F3N2O5/c1-4-7-16-18(9-8-15-17(23(24,25)26)12-20(30)33-21(15)16)32-11-6-5-10-27-19(29)13-28(14(2)3)22(27)31/h8-9,12-14,29H,4-7,10-11H2,1-3H3. The van der Waals surface area contributed by atoms with E-state index in [2.05, 4.69) is 0 Å². The van der Waals surface area contributed by atoms with Crippen LogP contribution in [0.4, 0.5) is 13.2 Å². The first-order valence-electron chi connectivity index (χ1n) is 10.8. The number of nitrogens with zero attached hydrogens (tertiary/aromatic N) is 2. The van der Waals surface area contributed by atoms with Gasteiger partial charge in [-0.1, -0.05) is 13.3 Å². The van der Waals surface area contributed by atoms with E-state index in [4.69, 9.17) is 9.15 Å². The summed E-state index contributed by atoms with van der Waals surface area (Å²) in [6.07, 6.45) is -1.21. The van der Waals surface area contributed by atoms with Gasteiger partial charge < -0.3 is 14.3 Å². The Bertz CT molecular complexity index is 1240. The molecule has 0 spiro atoms. The van der Waals surface area contributed by atoms with Gasteiger partial charge in [-0.05, 0) is 45.2 Å². The van der Waals surface area contributed by atoms with Gasteiger partial charge in [0.1, 0.15) is 11.3 Å². The van der Waals surface area contributed by atoms with Gasteiger partial charge in [0.15, 0.2) is 0 Å². The molecule has 0 bridgehead atoms. The van der Waals surface area contributed by atoms with Crippen molar-refractivity contribution in [3.8, 4) is 11.6 Å². The summed E-state index contributed by atoms with van der Waals surface area (Å²) in [6, 6.07) is 3.10. The number of hydrogen-bond donors (Lipinski definition) is 1. The molecule has 3 rings (SSSR count). The molecule has 0 fully saturated rings. The Kier molecular flexibility index (Phi) is 7.24. The highest BCUT2D eigenvalue weighted by Gasteiger charge is 2.34. The molecule has 1 N–H and O–H groups in total. The molecule has 3 aromatic rings. The second-order valence-corrected chi connectivity index (χ2v) is 8.12. The lowest BCUT2D eigenvalue weighted by Gasteiger charge is -2.15. The van der Waals surface area contributed by atoms with E-state index in [9.17, 15) is 27.9 Å². The number of imidazole rings is 1. The zero-order valence-electron chi connectivity index (χ0n) is 18.7. The van der Waals surface area contributed by atoms with Gasteiger partial charge in [0.25, 0.3) is 0 Å². The van der Waals surface area contributed by atoms with Crippen molar-refractivity contribution in [1.82, 2.24) is 9.13 Å². The van der Waals surface area contributed by atoms with Crippen LogP contribution < -0.4 is 16.1 Å². The summed E-state index contributed by atoms with van der Waals surface area (Å²) in [5.74, 6) is 0.252. The Morgan fingerprint density at radius 2 is 1.91 bits per heavy atom. The number of alkyl halides is 3. The minimum atomic E-state index is -4.68. The Balaban J connectivity index is 1.75. The SMILES string of the molecule is CCCc1c(OCCCCn2c(O)cn(C(C)C)c2=O)ccc2c(C(F)(F)F)cc(=O)oc12. The summed E-state index contributed by atoms with van der Waals surface area (Å²) < 4.78 is 53.9. The number of halogens is 3. The minimum absolute atomic E-state index is 0.0733. The van der Waals surface area contributed by atoms with Crippen LogP contribution in [0.2, 0.25) is 0 Å². The topological polar surface area (TPSA) is 86.6 Å². The molecular weight excluding hydrogens is 441 g/mol. The predicted octanol–water partition coefficient (Wildman–Crippen LogP) is 4.87. The number of fused-ring (bicyclic) bond motifs is 1. The number of hydrogen-bond acceptors (Lipinski definition) is 5. The van der Waals surface area contributed by atoms with Crippen molar-refractivity contribution in [2.45, 2.75) is 65.2 Å². The largest absolute Gasteiger partial charge is 0.493 e. The van der Waals surface area contributed by atoms with Crippen LogP contribution >= 0.6 is 0 Å². The van der Waals surface area contributed by atoms with E-state index in [1.807, 2.05) is 20.8 Å². The van der Waals surface area contributed by atoms with Crippen LogP contribution in [-0.4, -0.2) is 20.8 Å². The summed E-state index contributed by atoms with van der Waals surface area (Å²) in [5, 5.41) is 9.81. The van der Waals surface area contributed by atoms with Crippen LogP contribution in [0.5, 0.6) is 11.6 Å². The third-order valence-electron chi connectivity index (χ3n) is 5.35. The zero-order valence-corrected chi connectivity index (χ0v) is 18.7. The number of ether oxygens (including phenoxy) is 1. The fraction of sp³-hybridized carbons (Fsp3) is 0.478. The predicted molar refractivity (Wildman–Crippen MR) is 117 cm³/mol. The molecule has 33 heavy (non-hydrogen) atoms. The molecular formula is C23H27F3N2O5. The third kappa shape index (κ3) is 5.26. The van der Waals surface area contributed by atoms with E-state index in [1.165, 1.54) is 27.5 Å². The second kappa shape index (κ2) is 9.76. The quantitative estimate of drug-likeness (QED) is 0.358. The molecule has 0 aliphatic heterocycles. The van der Waals surface area contributed by atoms with Gasteiger partial charge in [-0.25, -0.2) is 9.59 Å². The maximum Gasteiger partial charge on any atom is 0.417 e. The molecule has 0 amide bonds. The van der Waals surface area contributed by atoms with Crippen molar-refractivity contribution in [2.75, 3.05) is 6.61 Å². The van der Waals surface area contributed by atoms with Gasteiger partial charge in [-0.15, -0.1) is 0 Å². The highest BCUT2D eigenvalue weighted by molar-refractivity contribution is 5.85. The monoisotopic (exact) mass is 468 g/mol. The lowest BCUT2D eigenvalue weighted by Crippen LogP contribution is -2.25. The third-order valence-corrected chi connectivity index (χ3v) is 5.35. The molecule has 0 aliphatic carbocycles. The van der Waals surface area contributed by atoms with E-state index in [0.29, 0.717) is 49.6 Å². The fourth-order valence-corrected chi connectivity index (χ4v) is 3.74. The number of aromatic nitrogens is 2. The van der Waals surface area contributed by atoms with Crippen molar-refractivity contribution >= 4 is 11.0 Å². The molecule has 2 heterocycles. The average Bonchev–Trinajstić information content (AvgIpc) is 3.02. The molecule has 10 heteroatoms. The summed E-state index contributed by atoms with van der Waals surface area (Å²) in [6.45, 7) is 6.09. The smallest absolute Gasteiger partial charge is 0.417 e. The van der Waals surface area contributed by atoms with Crippen molar-refractivity contribution in [1.29, 1.82) is 0 Å². The maximum absolute atomic E-state index is 13.4. The van der Waals surface area contributed by atoms with E-state index in [-0.39, 0.29) is 35.2 Å². The molecule has 0 aliphatic rings. The van der Waals surface area contributed by atoms with Gasteiger partial charge in [0.2, 0.25) is 5.88 Å². The van der Waals surface area contributed by atoms with Crippen molar-refractivity contribution in [2.24, 2.45) is 0 Å². The zero-order chi connectivity index (χ0) is 24.3. The molecule has 0 atom stereocenters. The lowest BCUT2D eigenvalue weighted by atomic mass is 10.0. The van der Waals surface area contributed by atoms with Crippen molar-refractivity contribution in [3.05, 3.63) is 56.4 Å². The molecule has 1 aromatic carbocycles. The molecule has 0 saturated heterocycles. The fourth-order valence-electron chi connectivity index (χ4n) is 3.74. The second-order valence-electron chi connectivity index (χ2n) is 8.12. The van der Waals surface area contributed by atoms with Gasteiger partial charge in [0, 0.05) is 29.6 Å². The van der Waals surface area contributed by atoms with Crippen LogP contribution in [0.15, 0.2) is 38.4 Å². The summed E-state index contributed by atoms with van der Waals surface area (Å²) in [7, 11) is 0. The van der Waals surface area contributed by atoms with E-state index < -0.39 is 17.4 Å². The molecule has 0 radical (unpaired) electrons. The number of unbranched alkanes of at least 4 members (excludes halogenated alkanes) is 1. The molecule has 180 valence electrons. The average molecular weight is 468 g/mol. The summed E-state index contributed by atoms with van der Waals surface area (Å²) >= 11 is 0. The van der Waals surface area contributed by atoms with E-state index in [1.54, 1.807) is 0 Å². The van der Waals surface area contributed by atoms with Crippen molar-refractivity contribution < 1.29 is 27.4 Å². The molecule has 0 saturated carbocycles. The Labute approximate surface area is 188 Å². The first-order valence-corrected chi connectivity index (χ1v) is 10.8. The molecule has 2 aromatic heterocycles. The summed E-state index contributed by atoms with van der Waals surface area (Å²) in [4.78, 5) is 24.1. The lowest BCUT2D eigenvalue weighted by molar-refractivity contribution is -0.136. The number of aryl methyl sites for hydroxylation is 1. The Hall–Kier alpha value is -3.17. The van der Waals surface area contributed by atoms with Gasteiger partial charge in [0.05, 0.1) is 18.4 Å². The molecule has 7 nitrogen and oxygen atoms in total. The van der Waals surface area contributed by atoms with Gasteiger partial charge >= 0.3 is 17.5 Å². The number of rotatable bonds is 9. The van der Waals surface area contributed by atoms with Gasteiger partial charge in [-0.3, -0.25) is 9.13 Å². The van der Waals surface area contributed by atoms with Crippen LogP contribution in [0, 0.1) is 0 Å². The van der Waals surface area contributed by atoms with Gasteiger partial charge in [-0.2, -0.15) is 13.2 Å².